The lowest BCUT2D eigenvalue weighted by Crippen LogP contribution is -2.28. The number of rotatable bonds is 7. The highest BCUT2D eigenvalue weighted by atomic mass is 19.1. The fourth-order valence-electron chi connectivity index (χ4n) is 4.08. The standard InChI is InChI=1S/C27H24FN3O4/c1-17-3-5-21(16-29-17)35-25-8-4-18(13-23(25)28)10-12-34-26-15-24-22-7-6-20(33-2)14-19(22)9-11-31(24)27(32)30-26/h3-8,13-16H,9-12H2,1-2H3. The Hall–Kier alpha value is -4.20. The van der Waals surface area contributed by atoms with E-state index >= 15 is 0 Å². The van der Waals surface area contributed by atoms with Gasteiger partial charge in [-0.15, -0.1) is 0 Å². The zero-order chi connectivity index (χ0) is 24.4. The number of aryl methyl sites for hydroxylation is 2. The second kappa shape index (κ2) is 9.58. The Labute approximate surface area is 201 Å². The Morgan fingerprint density at radius 3 is 2.69 bits per heavy atom. The van der Waals surface area contributed by atoms with Gasteiger partial charge in [-0.3, -0.25) is 9.55 Å². The van der Waals surface area contributed by atoms with Crippen LogP contribution in [0.3, 0.4) is 0 Å². The number of nitrogens with zero attached hydrogens (tertiary/aromatic N) is 3. The first-order chi connectivity index (χ1) is 17.0. The van der Waals surface area contributed by atoms with E-state index in [1.165, 1.54) is 6.07 Å². The smallest absolute Gasteiger partial charge is 0.351 e. The molecule has 0 fully saturated rings. The average Bonchev–Trinajstić information content (AvgIpc) is 2.86. The van der Waals surface area contributed by atoms with Gasteiger partial charge in [0.05, 0.1) is 25.6 Å². The van der Waals surface area contributed by atoms with Crippen LogP contribution < -0.4 is 19.9 Å². The summed E-state index contributed by atoms with van der Waals surface area (Å²) in [7, 11) is 1.63. The molecule has 0 aliphatic carbocycles. The maximum absolute atomic E-state index is 14.5. The summed E-state index contributed by atoms with van der Waals surface area (Å²) in [6, 6.07) is 15.9. The highest BCUT2D eigenvalue weighted by Crippen LogP contribution is 2.32. The van der Waals surface area contributed by atoms with Crippen LogP contribution in [0.2, 0.25) is 0 Å². The minimum absolute atomic E-state index is 0.125. The lowest BCUT2D eigenvalue weighted by Gasteiger charge is -2.22. The van der Waals surface area contributed by atoms with Crippen LogP contribution in [0.5, 0.6) is 23.1 Å². The van der Waals surface area contributed by atoms with Crippen LogP contribution in [0, 0.1) is 12.7 Å². The van der Waals surface area contributed by atoms with E-state index in [1.54, 1.807) is 48.2 Å². The third kappa shape index (κ3) is 4.87. The number of ether oxygens (including phenoxy) is 3. The Bertz CT molecular complexity index is 1430. The molecule has 0 atom stereocenters. The second-order valence-corrected chi connectivity index (χ2v) is 8.29. The van der Waals surface area contributed by atoms with E-state index in [9.17, 15) is 9.18 Å². The summed E-state index contributed by atoms with van der Waals surface area (Å²) < 4.78 is 32.9. The monoisotopic (exact) mass is 473 g/mol. The summed E-state index contributed by atoms with van der Waals surface area (Å²) in [6.07, 6.45) is 2.73. The molecule has 0 unspecified atom stereocenters. The van der Waals surface area contributed by atoms with Crippen LogP contribution in [0.1, 0.15) is 16.8 Å². The number of methoxy groups -OCH3 is 1. The van der Waals surface area contributed by atoms with Gasteiger partial charge >= 0.3 is 5.69 Å². The molecule has 0 saturated carbocycles. The summed E-state index contributed by atoms with van der Waals surface area (Å²) in [5.74, 6) is 1.15. The summed E-state index contributed by atoms with van der Waals surface area (Å²) in [5, 5.41) is 0. The zero-order valence-electron chi connectivity index (χ0n) is 19.5. The van der Waals surface area contributed by atoms with Crippen LogP contribution in [0.4, 0.5) is 4.39 Å². The molecule has 8 heteroatoms. The fraction of sp³-hybridized carbons (Fsp3) is 0.222. The van der Waals surface area contributed by atoms with Gasteiger partial charge in [-0.1, -0.05) is 6.07 Å². The van der Waals surface area contributed by atoms with Gasteiger partial charge in [0.2, 0.25) is 5.88 Å². The van der Waals surface area contributed by atoms with E-state index < -0.39 is 5.82 Å². The molecule has 7 nitrogen and oxygen atoms in total. The predicted molar refractivity (Wildman–Crippen MR) is 129 cm³/mol. The van der Waals surface area contributed by atoms with E-state index in [1.807, 2.05) is 25.1 Å². The van der Waals surface area contributed by atoms with Gasteiger partial charge in [0.15, 0.2) is 11.6 Å². The molecule has 2 aromatic heterocycles. The highest BCUT2D eigenvalue weighted by Gasteiger charge is 2.19. The van der Waals surface area contributed by atoms with E-state index in [4.69, 9.17) is 14.2 Å². The van der Waals surface area contributed by atoms with E-state index in [-0.39, 0.29) is 23.9 Å². The van der Waals surface area contributed by atoms with Crippen molar-refractivity contribution in [2.24, 2.45) is 0 Å². The number of halogens is 1. The van der Waals surface area contributed by atoms with Crippen molar-refractivity contribution in [3.8, 4) is 34.4 Å². The van der Waals surface area contributed by atoms with Gasteiger partial charge in [0, 0.05) is 30.3 Å². The molecule has 0 N–H and O–H groups in total. The third-order valence-corrected chi connectivity index (χ3v) is 5.93. The molecule has 0 amide bonds. The molecular formula is C27H24FN3O4. The first-order valence-electron chi connectivity index (χ1n) is 11.3. The molecule has 5 rings (SSSR count). The zero-order valence-corrected chi connectivity index (χ0v) is 19.5. The number of hydrogen-bond donors (Lipinski definition) is 0. The van der Waals surface area contributed by atoms with E-state index in [0.29, 0.717) is 18.7 Å². The van der Waals surface area contributed by atoms with Crippen LogP contribution >= 0.6 is 0 Å². The van der Waals surface area contributed by atoms with Crippen molar-refractivity contribution < 1.29 is 18.6 Å². The van der Waals surface area contributed by atoms with Crippen molar-refractivity contribution in [3.05, 3.63) is 93.9 Å². The Morgan fingerprint density at radius 1 is 1.06 bits per heavy atom. The summed E-state index contributed by atoms with van der Waals surface area (Å²) >= 11 is 0. The number of pyridine rings is 1. The highest BCUT2D eigenvalue weighted by molar-refractivity contribution is 5.67. The summed E-state index contributed by atoms with van der Waals surface area (Å²) in [4.78, 5) is 20.8. The molecular weight excluding hydrogens is 449 g/mol. The van der Waals surface area contributed by atoms with Crippen molar-refractivity contribution in [3.63, 3.8) is 0 Å². The number of hydrogen-bond acceptors (Lipinski definition) is 6. The van der Waals surface area contributed by atoms with Gasteiger partial charge in [-0.05, 0) is 66.9 Å². The molecule has 0 spiro atoms. The van der Waals surface area contributed by atoms with Gasteiger partial charge < -0.3 is 14.2 Å². The first-order valence-corrected chi connectivity index (χ1v) is 11.3. The van der Waals surface area contributed by atoms with Gasteiger partial charge in [0.25, 0.3) is 0 Å². The predicted octanol–water partition coefficient (Wildman–Crippen LogP) is 4.73. The van der Waals surface area contributed by atoms with Gasteiger partial charge in [-0.2, -0.15) is 4.98 Å². The fourth-order valence-corrected chi connectivity index (χ4v) is 4.08. The van der Waals surface area contributed by atoms with Crippen molar-refractivity contribution in [1.29, 1.82) is 0 Å². The van der Waals surface area contributed by atoms with Gasteiger partial charge in [0.1, 0.15) is 11.5 Å². The lowest BCUT2D eigenvalue weighted by atomic mass is 9.97. The molecule has 1 aliphatic rings. The van der Waals surface area contributed by atoms with Crippen molar-refractivity contribution >= 4 is 0 Å². The number of fused-ring (bicyclic) bond motifs is 3. The maximum atomic E-state index is 14.5. The van der Waals surface area contributed by atoms with E-state index in [2.05, 4.69) is 9.97 Å². The third-order valence-electron chi connectivity index (χ3n) is 5.93. The largest absolute Gasteiger partial charge is 0.497 e. The second-order valence-electron chi connectivity index (χ2n) is 8.29. The quantitative estimate of drug-likeness (QED) is 0.386. The van der Waals surface area contributed by atoms with Crippen molar-refractivity contribution in [1.82, 2.24) is 14.5 Å². The molecule has 0 radical (unpaired) electrons. The first kappa shape index (κ1) is 22.6. The molecule has 1 aliphatic heterocycles. The van der Waals surface area contributed by atoms with Crippen molar-refractivity contribution in [2.75, 3.05) is 13.7 Å². The van der Waals surface area contributed by atoms with E-state index in [0.717, 1.165) is 40.2 Å². The molecule has 2 aromatic carbocycles. The Morgan fingerprint density at radius 2 is 1.91 bits per heavy atom. The number of aromatic nitrogens is 3. The minimum atomic E-state index is -0.472. The summed E-state index contributed by atoms with van der Waals surface area (Å²) in [6.45, 7) is 2.66. The normalized spacial score (nSPS) is 12.0. The minimum Gasteiger partial charge on any atom is -0.497 e. The Balaban J connectivity index is 1.26. The van der Waals surface area contributed by atoms with Crippen LogP contribution in [-0.2, 0) is 19.4 Å². The topological polar surface area (TPSA) is 75.5 Å². The Kier molecular flexibility index (Phi) is 6.18. The molecule has 4 aromatic rings. The average molecular weight is 474 g/mol. The van der Waals surface area contributed by atoms with Crippen LogP contribution in [0.15, 0.2) is 65.6 Å². The molecule has 35 heavy (non-hydrogen) atoms. The SMILES string of the molecule is COc1ccc2c(c1)CCn1c-2cc(OCCc2ccc(Oc3ccc(C)nc3)c(F)c2)nc1=O. The molecule has 178 valence electrons. The number of benzene rings is 2. The van der Waals surface area contributed by atoms with Crippen LogP contribution in [-0.4, -0.2) is 28.3 Å². The molecule has 0 bridgehead atoms. The molecule has 0 saturated heterocycles. The lowest BCUT2D eigenvalue weighted by molar-refractivity contribution is 0.306. The summed E-state index contributed by atoms with van der Waals surface area (Å²) in [5.41, 5.74) is 4.08. The van der Waals surface area contributed by atoms with Crippen LogP contribution in [0.25, 0.3) is 11.3 Å². The van der Waals surface area contributed by atoms with Gasteiger partial charge in [-0.25, -0.2) is 9.18 Å². The van der Waals surface area contributed by atoms with Crippen molar-refractivity contribution in [2.45, 2.75) is 26.3 Å². The maximum Gasteiger partial charge on any atom is 0.351 e. The molecule has 3 heterocycles.